The summed E-state index contributed by atoms with van der Waals surface area (Å²) in [6, 6.07) is 0. The maximum Gasteiger partial charge on any atom is 0.410 e. The highest BCUT2D eigenvalue weighted by atomic mass is 16.7. The van der Waals surface area contributed by atoms with Crippen LogP contribution in [0.4, 0.5) is 4.79 Å². The van der Waals surface area contributed by atoms with Crippen LogP contribution in [0.25, 0.3) is 0 Å². The number of esters is 1. The molecule has 0 bridgehead atoms. The van der Waals surface area contributed by atoms with E-state index in [0.717, 1.165) is 12.8 Å². The Morgan fingerprint density at radius 2 is 1.68 bits per heavy atom. The van der Waals surface area contributed by atoms with E-state index in [2.05, 4.69) is 5.32 Å². The molecule has 0 spiro atoms. The predicted octanol–water partition coefficient (Wildman–Crippen LogP) is 2.15. The van der Waals surface area contributed by atoms with Gasteiger partial charge in [-0.2, -0.15) is 0 Å². The quantitative estimate of drug-likeness (QED) is 0.575. The van der Waals surface area contributed by atoms with Gasteiger partial charge in [0.15, 0.2) is 0 Å². The predicted molar refractivity (Wildman–Crippen MR) is 78.0 cm³/mol. The number of carbonyl (C=O) groups is 3. The second kappa shape index (κ2) is 8.60. The number of rotatable bonds is 6. The van der Waals surface area contributed by atoms with E-state index in [1.165, 1.54) is 6.92 Å². The lowest BCUT2D eigenvalue weighted by molar-refractivity contribution is -0.168. The first-order valence-electron chi connectivity index (χ1n) is 7.67. The van der Waals surface area contributed by atoms with Crippen molar-refractivity contribution in [2.45, 2.75) is 52.7 Å². The molecule has 1 rings (SSSR count). The number of hydrogen-bond donors (Lipinski definition) is 2. The third kappa shape index (κ3) is 6.32. The van der Waals surface area contributed by atoms with Gasteiger partial charge in [0.1, 0.15) is 0 Å². The molecule has 1 atom stereocenters. The zero-order chi connectivity index (χ0) is 16.7. The third-order valence-electron chi connectivity index (χ3n) is 3.76. The molecule has 0 aliphatic heterocycles. The molecule has 1 fully saturated rings. The van der Waals surface area contributed by atoms with E-state index in [-0.39, 0.29) is 17.8 Å². The van der Waals surface area contributed by atoms with Gasteiger partial charge < -0.3 is 19.9 Å². The minimum absolute atomic E-state index is 0.261. The molecular weight excluding hydrogens is 290 g/mol. The lowest BCUT2D eigenvalue weighted by Crippen LogP contribution is -2.35. The van der Waals surface area contributed by atoms with E-state index >= 15 is 0 Å². The van der Waals surface area contributed by atoms with Crippen molar-refractivity contribution >= 4 is 18.0 Å². The summed E-state index contributed by atoms with van der Waals surface area (Å²) in [6.07, 6.45) is 1.25. The summed E-state index contributed by atoms with van der Waals surface area (Å²) in [5.41, 5.74) is 0. The van der Waals surface area contributed by atoms with Crippen molar-refractivity contribution in [1.82, 2.24) is 5.32 Å². The Kier molecular flexibility index (Phi) is 7.14. The summed E-state index contributed by atoms with van der Waals surface area (Å²) < 4.78 is 9.86. The molecule has 126 valence electrons. The monoisotopic (exact) mass is 315 g/mol. The zero-order valence-corrected chi connectivity index (χ0v) is 13.3. The molecule has 1 saturated carbocycles. The number of carbonyl (C=O) groups excluding carboxylic acids is 2. The van der Waals surface area contributed by atoms with Crippen LogP contribution >= 0.6 is 0 Å². The van der Waals surface area contributed by atoms with Crippen LogP contribution in [0.15, 0.2) is 0 Å². The summed E-state index contributed by atoms with van der Waals surface area (Å²) in [5, 5.41) is 11.6. The van der Waals surface area contributed by atoms with E-state index in [1.807, 2.05) is 0 Å². The molecule has 1 aliphatic rings. The van der Waals surface area contributed by atoms with Crippen LogP contribution in [0.5, 0.6) is 0 Å². The average Bonchev–Trinajstić information content (AvgIpc) is 2.45. The Labute approximate surface area is 130 Å². The van der Waals surface area contributed by atoms with Gasteiger partial charge in [0.25, 0.3) is 0 Å². The summed E-state index contributed by atoms with van der Waals surface area (Å²) in [5.74, 6) is -1.45. The summed E-state index contributed by atoms with van der Waals surface area (Å²) in [4.78, 5) is 33.8. The minimum atomic E-state index is -0.933. The number of carboxylic acid groups (broad SMARTS) is 1. The van der Waals surface area contributed by atoms with Crippen LogP contribution < -0.4 is 5.32 Å². The molecule has 2 N–H and O–H groups in total. The second-order valence-corrected chi connectivity index (χ2v) is 6.00. The number of nitrogens with one attached hydrogen (secondary N) is 1. The maximum atomic E-state index is 11.6. The van der Waals surface area contributed by atoms with Crippen LogP contribution in [0.3, 0.4) is 0 Å². The standard InChI is InChI=1S/C15H25NO6/c1-9(2)14(19)21-10(3)22-15(20)16-8-11-4-6-12(7-5-11)13(17)18/h9-12H,4-8H2,1-3H3,(H,16,20)(H,17,18). The van der Waals surface area contributed by atoms with Crippen LogP contribution in [0, 0.1) is 17.8 Å². The summed E-state index contributed by atoms with van der Waals surface area (Å²) >= 11 is 0. The first-order valence-corrected chi connectivity index (χ1v) is 7.67. The number of alkyl carbamates (subject to hydrolysis) is 1. The summed E-state index contributed by atoms with van der Waals surface area (Å²) in [6.45, 7) is 5.32. The van der Waals surface area contributed by atoms with Gasteiger partial charge in [-0.05, 0) is 31.6 Å². The highest BCUT2D eigenvalue weighted by molar-refractivity contribution is 5.72. The molecule has 0 saturated heterocycles. The summed E-state index contributed by atoms with van der Waals surface area (Å²) in [7, 11) is 0. The van der Waals surface area contributed by atoms with Crippen LogP contribution in [0.2, 0.25) is 0 Å². The van der Waals surface area contributed by atoms with Gasteiger partial charge in [0.05, 0.1) is 11.8 Å². The molecule has 0 aromatic carbocycles. The third-order valence-corrected chi connectivity index (χ3v) is 3.76. The van der Waals surface area contributed by atoms with Crippen molar-refractivity contribution in [3.8, 4) is 0 Å². The first kappa shape index (κ1) is 18.3. The van der Waals surface area contributed by atoms with Gasteiger partial charge in [-0.1, -0.05) is 13.8 Å². The van der Waals surface area contributed by atoms with E-state index in [0.29, 0.717) is 19.4 Å². The zero-order valence-electron chi connectivity index (χ0n) is 13.3. The first-order chi connectivity index (χ1) is 10.3. The van der Waals surface area contributed by atoms with Gasteiger partial charge in [0, 0.05) is 13.5 Å². The molecule has 22 heavy (non-hydrogen) atoms. The van der Waals surface area contributed by atoms with Crippen molar-refractivity contribution in [3.05, 3.63) is 0 Å². The molecular formula is C15H25NO6. The minimum Gasteiger partial charge on any atom is -0.481 e. The molecule has 7 nitrogen and oxygen atoms in total. The lowest BCUT2D eigenvalue weighted by Gasteiger charge is -2.26. The number of hydrogen-bond acceptors (Lipinski definition) is 5. The van der Waals surface area contributed by atoms with Gasteiger partial charge in [-0.3, -0.25) is 9.59 Å². The smallest absolute Gasteiger partial charge is 0.410 e. The Bertz CT molecular complexity index is 401. The number of aliphatic carboxylic acids is 1. The SMILES string of the molecule is CC(OC(=O)NCC1CCC(C(=O)O)CC1)OC(=O)C(C)C. The van der Waals surface area contributed by atoms with Crippen molar-refractivity contribution < 1.29 is 29.0 Å². The van der Waals surface area contributed by atoms with Gasteiger partial charge in [-0.25, -0.2) is 4.79 Å². The van der Waals surface area contributed by atoms with Crippen LogP contribution in [-0.4, -0.2) is 36.0 Å². The van der Waals surface area contributed by atoms with Gasteiger partial charge >= 0.3 is 18.0 Å². The van der Waals surface area contributed by atoms with Crippen molar-refractivity contribution in [2.24, 2.45) is 17.8 Å². The number of amides is 1. The average molecular weight is 315 g/mol. The van der Waals surface area contributed by atoms with Gasteiger partial charge in [-0.15, -0.1) is 0 Å². The highest BCUT2D eigenvalue weighted by Gasteiger charge is 2.26. The molecule has 0 radical (unpaired) electrons. The van der Waals surface area contributed by atoms with E-state index < -0.39 is 24.3 Å². The van der Waals surface area contributed by atoms with Crippen LogP contribution in [0.1, 0.15) is 46.5 Å². The Balaban J connectivity index is 2.21. The molecule has 7 heteroatoms. The maximum absolute atomic E-state index is 11.6. The van der Waals surface area contributed by atoms with Crippen molar-refractivity contribution in [1.29, 1.82) is 0 Å². The molecule has 0 aromatic heterocycles. The topological polar surface area (TPSA) is 102 Å². The Morgan fingerprint density at radius 1 is 1.09 bits per heavy atom. The molecule has 1 amide bonds. The molecule has 1 unspecified atom stereocenters. The largest absolute Gasteiger partial charge is 0.481 e. The normalized spacial score (nSPS) is 22.7. The Hall–Kier alpha value is -1.79. The highest BCUT2D eigenvalue weighted by Crippen LogP contribution is 2.28. The fourth-order valence-corrected chi connectivity index (χ4v) is 2.36. The number of carboxylic acids is 1. The van der Waals surface area contributed by atoms with Crippen LogP contribution in [-0.2, 0) is 19.1 Å². The van der Waals surface area contributed by atoms with Gasteiger partial charge in [0.2, 0.25) is 6.29 Å². The van der Waals surface area contributed by atoms with E-state index in [9.17, 15) is 14.4 Å². The second-order valence-electron chi connectivity index (χ2n) is 6.00. The fraction of sp³-hybridized carbons (Fsp3) is 0.800. The van der Waals surface area contributed by atoms with E-state index in [4.69, 9.17) is 14.6 Å². The molecule has 0 heterocycles. The van der Waals surface area contributed by atoms with Crippen molar-refractivity contribution in [2.75, 3.05) is 6.54 Å². The van der Waals surface area contributed by atoms with Crippen molar-refractivity contribution in [3.63, 3.8) is 0 Å². The Morgan fingerprint density at radius 3 is 2.18 bits per heavy atom. The lowest BCUT2D eigenvalue weighted by atomic mass is 9.82. The number of ether oxygens (including phenoxy) is 2. The van der Waals surface area contributed by atoms with E-state index in [1.54, 1.807) is 13.8 Å². The fourth-order valence-electron chi connectivity index (χ4n) is 2.36. The molecule has 0 aromatic rings. The molecule has 1 aliphatic carbocycles.